The Balaban J connectivity index is 1.72. The maximum absolute atomic E-state index is 13.4. The van der Waals surface area contributed by atoms with Crippen molar-refractivity contribution in [2.45, 2.75) is 20.0 Å². The fraction of sp³-hybridized carbons (Fsp3) is 0.333. The zero-order chi connectivity index (χ0) is 16.2. The minimum absolute atomic E-state index is 0.255. The Bertz CT molecular complexity index is 717. The quantitative estimate of drug-likeness (QED) is 0.808. The van der Waals surface area contributed by atoms with Gasteiger partial charge in [0.25, 0.3) is 0 Å². The number of amides is 2. The molecule has 0 bridgehead atoms. The summed E-state index contributed by atoms with van der Waals surface area (Å²) in [6.07, 6.45) is 0.726. The molecule has 0 atom stereocenters. The maximum atomic E-state index is 13.4. The molecule has 0 saturated heterocycles. The van der Waals surface area contributed by atoms with Crippen molar-refractivity contribution in [1.82, 2.24) is 10.2 Å². The monoisotopic (exact) mass is 320 g/mol. The van der Waals surface area contributed by atoms with Crippen LogP contribution in [0, 0.1) is 5.82 Å². The maximum Gasteiger partial charge on any atom is 0.325 e. The van der Waals surface area contributed by atoms with Crippen molar-refractivity contribution in [2.75, 3.05) is 23.8 Å². The molecule has 1 aromatic heterocycles. The van der Waals surface area contributed by atoms with Gasteiger partial charge in [0, 0.05) is 23.7 Å². The number of halogens is 1. The largest absolute Gasteiger partial charge is 0.492 e. The number of urea groups is 1. The molecule has 0 spiro atoms. The van der Waals surface area contributed by atoms with Gasteiger partial charge in [-0.3, -0.25) is 10.4 Å². The summed E-state index contributed by atoms with van der Waals surface area (Å²) in [4.78, 5) is 12.1. The molecule has 0 unspecified atom stereocenters. The number of anilines is 2. The van der Waals surface area contributed by atoms with Gasteiger partial charge >= 0.3 is 6.03 Å². The van der Waals surface area contributed by atoms with E-state index in [9.17, 15) is 9.18 Å². The Morgan fingerprint density at radius 1 is 1.48 bits per heavy atom. The van der Waals surface area contributed by atoms with Gasteiger partial charge in [0.2, 0.25) is 0 Å². The third kappa shape index (κ3) is 3.42. The first-order valence-corrected chi connectivity index (χ1v) is 7.31. The van der Waals surface area contributed by atoms with E-state index in [2.05, 4.69) is 20.8 Å². The van der Waals surface area contributed by atoms with E-state index in [1.807, 2.05) is 6.92 Å². The average molecular weight is 320 g/mol. The molecule has 0 fully saturated rings. The highest BCUT2D eigenvalue weighted by atomic mass is 19.1. The molecule has 1 aliphatic heterocycles. The number of hydrogen-bond acceptors (Lipinski definition) is 4. The van der Waals surface area contributed by atoms with Crippen LogP contribution in [0.25, 0.3) is 0 Å². The van der Waals surface area contributed by atoms with Gasteiger partial charge in [-0.15, -0.1) is 0 Å². The van der Waals surface area contributed by atoms with E-state index >= 15 is 0 Å². The third-order valence-corrected chi connectivity index (χ3v) is 3.42. The van der Waals surface area contributed by atoms with Crippen LogP contribution >= 0.6 is 0 Å². The van der Waals surface area contributed by atoms with Crippen molar-refractivity contribution in [1.29, 1.82) is 0 Å². The lowest BCUT2D eigenvalue weighted by Gasteiger charge is -2.14. The molecule has 122 valence electrons. The molecule has 2 aromatic rings. The zero-order valence-corrected chi connectivity index (χ0v) is 12.6. The standard InChI is InChI=1S/C15H17FN4O3/c1-2-23-13-4-3-9(16)7-12(13)17-15(21)18-14-10-8-22-6-5-11(10)19-20-14/h3-4,7H,2,5-6,8H2,1H3,(H3,17,18,19,20,21). The first kappa shape index (κ1) is 15.3. The average Bonchev–Trinajstić information content (AvgIpc) is 2.93. The zero-order valence-electron chi connectivity index (χ0n) is 12.6. The van der Waals surface area contributed by atoms with Crippen LogP contribution in [-0.4, -0.2) is 29.4 Å². The van der Waals surface area contributed by atoms with Crippen molar-refractivity contribution in [3.8, 4) is 5.75 Å². The minimum atomic E-state index is -0.531. The first-order chi connectivity index (χ1) is 11.2. The van der Waals surface area contributed by atoms with Crippen molar-refractivity contribution in [3.05, 3.63) is 35.3 Å². The van der Waals surface area contributed by atoms with E-state index in [0.29, 0.717) is 31.4 Å². The molecular weight excluding hydrogens is 303 g/mol. The number of nitrogens with one attached hydrogen (secondary N) is 3. The Hall–Kier alpha value is -2.61. The third-order valence-electron chi connectivity index (χ3n) is 3.42. The summed E-state index contributed by atoms with van der Waals surface area (Å²) < 4.78 is 24.1. The molecule has 1 aliphatic rings. The van der Waals surface area contributed by atoms with Crippen LogP contribution in [0.2, 0.25) is 0 Å². The number of fused-ring (bicyclic) bond motifs is 1. The van der Waals surface area contributed by atoms with Crippen molar-refractivity contribution in [2.24, 2.45) is 0 Å². The second kappa shape index (κ2) is 6.66. The van der Waals surface area contributed by atoms with Crippen LogP contribution in [0.3, 0.4) is 0 Å². The molecule has 2 heterocycles. The minimum Gasteiger partial charge on any atom is -0.492 e. The van der Waals surface area contributed by atoms with Gasteiger partial charge in [-0.25, -0.2) is 9.18 Å². The van der Waals surface area contributed by atoms with E-state index in [-0.39, 0.29) is 5.69 Å². The summed E-state index contributed by atoms with van der Waals surface area (Å²) in [7, 11) is 0. The van der Waals surface area contributed by atoms with E-state index in [1.165, 1.54) is 18.2 Å². The molecule has 3 rings (SSSR count). The second-order valence-electron chi connectivity index (χ2n) is 4.98. The Morgan fingerprint density at radius 3 is 3.17 bits per heavy atom. The summed E-state index contributed by atoms with van der Waals surface area (Å²) in [5, 5.41) is 12.2. The number of aromatic amines is 1. The summed E-state index contributed by atoms with van der Waals surface area (Å²) in [5.74, 6) is 0.345. The topological polar surface area (TPSA) is 88.3 Å². The number of carbonyl (C=O) groups is 1. The summed E-state index contributed by atoms with van der Waals surface area (Å²) >= 11 is 0. The van der Waals surface area contributed by atoms with Gasteiger partial charge in [0.1, 0.15) is 11.6 Å². The smallest absolute Gasteiger partial charge is 0.325 e. The number of carbonyl (C=O) groups excluding carboxylic acids is 1. The van der Waals surface area contributed by atoms with Gasteiger partial charge in [-0.2, -0.15) is 5.10 Å². The highest BCUT2D eigenvalue weighted by Gasteiger charge is 2.19. The fourth-order valence-corrected chi connectivity index (χ4v) is 2.36. The van der Waals surface area contributed by atoms with E-state index in [0.717, 1.165) is 17.7 Å². The lowest BCUT2D eigenvalue weighted by atomic mass is 10.1. The molecular formula is C15H17FN4O3. The summed E-state index contributed by atoms with van der Waals surface area (Å²) in [6.45, 7) is 3.24. The number of hydrogen-bond donors (Lipinski definition) is 3. The molecule has 0 saturated carbocycles. The molecule has 8 heteroatoms. The SMILES string of the molecule is CCOc1ccc(F)cc1NC(=O)Nc1n[nH]c2c1COCC2. The molecule has 1 aromatic carbocycles. The van der Waals surface area contributed by atoms with Gasteiger partial charge in [0.15, 0.2) is 5.82 Å². The Kier molecular flexibility index (Phi) is 4.42. The molecule has 23 heavy (non-hydrogen) atoms. The summed E-state index contributed by atoms with van der Waals surface area (Å²) in [6, 6.07) is 3.42. The van der Waals surface area contributed by atoms with Crippen LogP contribution < -0.4 is 15.4 Å². The van der Waals surface area contributed by atoms with Gasteiger partial charge < -0.3 is 14.8 Å². The van der Waals surface area contributed by atoms with Gasteiger partial charge in [0.05, 0.1) is 25.5 Å². The van der Waals surface area contributed by atoms with E-state index in [4.69, 9.17) is 9.47 Å². The highest BCUT2D eigenvalue weighted by molar-refractivity contribution is 6.00. The predicted octanol–water partition coefficient (Wildman–Crippen LogP) is 2.66. The molecule has 2 amide bonds. The molecule has 7 nitrogen and oxygen atoms in total. The van der Waals surface area contributed by atoms with E-state index < -0.39 is 11.8 Å². The van der Waals surface area contributed by atoms with Gasteiger partial charge in [-0.05, 0) is 19.1 Å². The number of benzene rings is 1. The number of nitrogens with zero attached hydrogens (tertiary/aromatic N) is 1. The van der Waals surface area contributed by atoms with Crippen molar-refractivity contribution in [3.63, 3.8) is 0 Å². The van der Waals surface area contributed by atoms with Crippen LogP contribution in [-0.2, 0) is 17.8 Å². The van der Waals surface area contributed by atoms with Crippen LogP contribution in [0.15, 0.2) is 18.2 Å². The predicted molar refractivity (Wildman–Crippen MR) is 82.2 cm³/mol. The lowest BCUT2D eigenvalue weighted by Crippen LogP contribution is -2.21. The number of ether oxygens (including phenoxy) is 2. The Morgan fingerprint density at radius 2 is 2.35 bits per heavy atom. The molecule has 0 aliphatic carbocycles. The van der Waals surface area contributed by atoms with Gasteiger partial charge in [-0.1, -0.05) is 0 Å². The Labute approximate surface area is 132 Å². The van der Waals surface area contributed by atoms with Crippen molar-refractivity contribution < 1.29 is 18.7 Å². The van der Waals surface area contributed by atoms with Crippen LogP contribution in [0.1, 0.15) is 18.2 Å². The fourth-order valence-electron chi connectivity index (χ4n) is 2.36. The molecule has 0 radical (unpaired) electrons. The summed E-state index contributed by atoms with van der Waals surface area (Å²) in [5.41, 5.74) is 2.04. The normalized spacial score (nSPS) is 13.3. The number of H-pyrrole nitrogens is 1. The highest BCUT2D eigenvalue weighted by Crippen LogP contribution is 2.26. The second-order valence-corrected chi connectivity index (χ2v) is 4.98. The van der Waals surface area contributed by atoms with E-state index in [1.54, 1.807) is 0 Å². The first-order valence-electron chi connectivity index (χ1n) is 7.31. The lowest BCUT2D eigenvalue weighted by molar-refractivity contribution is 0.110. The van der Waals surface area contributed by atoms with Crippen LogP contribution in [0.4, 0.5) is 20.7 Å². The number of aromatic nitrogens is 2. The van der Waals surface area contributed by atoms with Crippen molar-refractivity contribution >= 4 is 17.5 Å². The molecule has 3 N–H and O–H groups in total. The van der Waals surface area contributed by atoms with Crippen LogP contribution in [0.5, 0.6) is 5.75 Å². The number of rotatable bonds is 4.